The maximum Gasteiger partial charge on any atom is 0.124 e. The molecule has 0 aromatic heterocycles. The van der Waals surface area contributed by atoms with Crippen LogP contribution in [0.2, 0.25) is 0 Å². The van der Waals surface area contributed by atoms with E-state index in [1.54, 1.807) is 14.2 Å². The van der Waals surface area contributed by atoms with Crippen molar-refractivity contribution in [1.29, 1.82) is 0 Å². The summed E-state index contributed by atoms with van der Waals surface area (Å²) in [5.41, 5.74) is 0.978. The molecule has 0 aliphatic rings. The normalized spacial score (nSPS) is 9.25. The quantitative estimate of drug-likeness (QED) is 0.743. The van der Waals surface area contributed by atoms with Crippen molar-refractivity contribution in [2.24, 2.45) is 0 Å². The standard InChI is InChI=1S/C9H13NO2/c1-10-7-4-8(11-2)6-9(5-7)12-3/h4-6,10H,1-3H3. The fraction of sp³-hybridized carbons (Fsp3) is 0.333. The molecule has 12 heavy (non-hydrogen) atoms. The molecule has 0 saturated heterocycles. The Bertz CT molecular complexity index is 205. The molecule has 0 atom stereocenters. The van der Waals surface area contributed by atoms with Gasteiger partial charge in [0.1, 0.15) is 11.5 Å². The van der Waals surface area contributed by atoms with Crippen molar-refractivity contribution in [1.82, 2.24) is 0 Å². The van der Waals surface area contributed by atoms with E-state index in [0.717, 1.165) is 17.2 Å². The average Bonchev–Trinajstić information content (AvgIpc) is 2.16. The minimum atomic E-state index is 0.790. The Morgan fingerprint density at radius 3 is 1.83 bits per heavy atom. The lowest BCUT2D eigenvalue weighted by molar-refractivity contribution is 0.395. The molecule has 0 unspecified atom stereocenters. The predicted molar refractivity (Wildman–Crippen MR) is 49.1 cm³/mol. The Balaban J connectivity index is 3.01. The summed E-state index contributed by atoms with van der Waals surface area (Å²) in [4.78, 5) is 0. The van der Waals surface area contributed by atoms with E-state index in [1.807, 2.05) is 25.2 Å². The number of anilines is 1. The summed E-state index contributed by atoms with van der Waals surface area (Å²) < 4.78 is 10.2. The van der Waals surface area contributed by atoms with Crippen LogP contribution < -0.4 is 14.8 Å². The minimum absolute atomic E-state index is 0.790. The Morgan fingerprint density at radius 2 is 1.50 bits per heavy atom. The Kier molecular flexibility index (Phi) is 2.80. The number of rotatable bonds is 3. The van der Waals surface area contributed by atoms with Gasteiger partial charge in [0, 0.05) is 30.9 Å². The summed E-state index contributed by atoms with van der Waals surface area (Å²) >= 11 is 0. The van der Waals surface area contributed by atoms with Crippen LogP contribution in [0.15, 0.2) is 18.2 Å². The smallest absolute Gasteiger partial charge is 0.124 e. The molecule has 0 radical (unpaired) electrons. The van der Waals surface area contributed by atoms with Gasteiger partial charge in [-0.2, -0.15) is 0 Å². The minimum Gasteiger partial charge on any atom is -0.497 e. The maximum atomic E-state index is 5.08. The van der Waals surface area contributed by atoms with Gasteiger partial charge in [0.15, 0.2) is 0 Å². The topological polar surface area (TPSA) is 30.5 Å². The van der Waals surface area contributed by atoms with E-state index in [1.165, 1.54) is 0 Å². The van der Waals surface area contributed by atoms with Crippen molar-refractivity contribution in [3.05, 3.63) is 18.2 Å². The van der Waals surface area contributed by atoms with Crippen molar-refractivity contribution in [3.8, 4) is 11.5 Å². The SMILES string of the molecule is CNc1cc(OC)cc(OC)c1. The molecule has 3 heteroatoms. The number of methoxy groups -OCH3 is 2. The van der Waals surface area contributed by atoms with Crippen LogP contribution in [0.4, 0.5) is 5.69 Å². The van der Waals surface area contributed by atoms with E-state index in [0.29, 0.717) is 0 Å². The van der Waals surface area contributed by atoms with Gasteiger partial charge in [0.2, 0.25) is 0 Å². The average molecular weight is 167 g/mol. The summed E-state index contributed by atoms with van der Waals surface area (Å²) in [7, 11) is 5.12. The van der Waals surface area contributed by atoms with Gasteiger partial charge >= 0.3 is 0 Å². The third-order valence-corrected chi connectivity index (χ3v) is 1.64. The first-order valence-corrected chi connectivity index (χ1v) is 3.71. The molecule has 1 aromatic rings. The molecule has 1 rings (SSSR count). The molecule has 66 valence electrons. The highest BCUT2D eigenvalue weighted by Crippen LogP contribution is 2.24. The van der Waals surface area contributed by atoms with Crippen molar-refractivity contribution in [2.45, 2.75) is 0 Å². The molecule has 0 aliphatic carbocycles. The van der Waals surface area contributed by atoms with Crippen LogP contribution >= 0.6 is 0 Å². The molecule has 0 amide bonds. The molecule has 0 bridgehead atoms. The lowest BCUT2D eigenvalue weighted by Crippen LogP contribution is -1.92. The Hall–Kier alpha value is -1.38. The van der Waals surface area contributed by atoms with Gasteiger partial charge in [-0.25, -0.2) is 0 Å². The summed E-state index contributed by atoms with van der Waals surface area (Å²) in [5, 5.41) is 3.02. The molecule has 3 nitrogen and oxygen atoms in total. The number of ether oxygens (including phenoxy) is 2. The molecular weight excluding hydrogens is 154 g/mol. The lowest BCUT2D eigenvalue weighted by atomic mass is 10.3. The second-order valence-corrected chi connectivity index (χ2v) is 2.35. The van der Waals surface area contributed by atoms with E-state index < -0.39 is 0 Å². The van der Waals surface area contributed by atoms with Gasteiger partial charge in [-0.05, 0) is 0 Å². The summed E-state index contributed by atoms with van der Waals surface area (Å²) in [6, 6.07) is 5.64. The summed E-state index contributed by atoms with van der Waals surface area (Å²) in [6.45, 7) is 0. The second-order valence-electron chi connectivity index (χ2n) is 2.35. The van der Waals surface area contributed by atoms with Gasteiger partial charge in [0.25, 0.3) is 0 Å². The van der Waals surface area contributed by atoms with Crippen molar-refractivity contribution >= 4 is 5.69 Å². The summed E-state index contributed by atoms with van der Waals surface area (Å²) in [6.07, 6.45) is 0. The van der Waals surface area contributed by atoms with E-state index in [4.69, 9.17) is 9.47 Å². The third kappa shape index (κ3) is 1.81. The molecule has 0 spiro atoms. The van der Waals surface area contributed by atoms with Crippen LogP contribution in [-0.4, -0.2) is 21.3 Å². The second kappa shape index (κ2) is 3.85. The van der Waals surface area contributed by atoms with Gasteiger partial charge < -0.3 is 14.8 Å². The highest BCUT2D eigenvalue weighted by Gasteiger charge is 1.98. The van der Waals surface area contributed by atoms with E-state index in [-0.39, 0.29) is 0 Å². The van der Waals surface area contributed by atoms with Crippen molar-refractivity contribution < 1.29 is 9.47 Å². The van der Waals surface area contributed by atoms with Crippen molar-refractivity contribution in [3.63, 3.8) is 0 Å². The van der Waals surface area contributed by atoms with Crippen molar-refractivity contribution in [2.75, 3.05) is 26.6 Å². The van der Waals surface area contributed by atoms with Gasteiger partial charge in [-0.1, -0.05) is 0 Å². The van der Waals surface area contributed by atoms with Crippen LogP contribution in [0.5, 0.6) is 11.5 Å². The van der Waals surface area contributed by atoms with Gasteiger partial charge in [0.05, 0.1) is 14.2 Å². The van der Waals surface area contributed by atoms with E-state index in [2.05, 4.69) is 5.32 Å². The van der Waals surface area contributed by atoms with Crippen LogP contribution in [0, 0.1) is 0 Å². The third-order valence-electron chi connectivity index (χ3n) is 1.64. The van der Waals surface area contributed by atoms with Crippen LogP contribution in [-0.2, 0) is 0 Å². The molecule has 0 heterocycles. The molecular formula is C9H13NO2. The highest BCUT2D eigenvalue weighted by atomic mass is 16.5. The van der Waals surface area contributed by atoms with E-state index in [9.17, 15) is 0 Å². The number of benzene rings is 1. The van der Waals surface area contributed by atoms with Crippen LogP contribution in [0.25, 0.3) is 0 Å². The lowest BCUT2D eigenvalue weighted by Gasteiger charge is -2.07. The number of hydrogen-bond donors (Lipinski definition) is 1. The summed E-state index contributed by atoms with van der Waals surface area (Å²) in [5.74, 6) is 1.58. The number of hydrogen-bond acceptors (Lipinski definition) is 3. The zero-order valence-electron chi connectivity index (χ0n) is 7.55. The molecule has 0 fully saturated rings. The van der Waals surface area contributed by atoms with Crippen LogP contribution in [0.3, 0.4) is 0 Å². The first kappa shape index (κ1) is 8.71. The molecule has 0 aliphatic heterocycles. The predicted octanol–water partition coefficient (Wildman–Crippen LogP) is 1.75. The maximum absolute atomic E-state index is 5.08. The zero-order chi connectivity index (χ0) is 8.97. The highest BCUT2D eigenvalue weighted by molar-refractivity contribution is 5.53. The van der Waals surface area contributed by atoms with E-state index >= 15 is 0 Å². The first-order chi connectivity index (χ1) is 5.80. The molecule has 0 saturated carbocycles. The van der Waals surface area contributed by atoms with Gasteiger partial charge in [-0.3, -0.25) is 0 Å². The fourth-order valence-electron chi connectivity index (χ4n) is 0.952. The fourth-order valence-corrected chi connectivity index (χ4v) is 0.952. The largest absolute Gasteiger partial charge is 0.497 e. The number of nitrogens with one attached hydrogen (secondary N) is 1. The monoisotopic (exact) mass is 167 g/mol. The van der Waals surface area contributed by atoms with Crippen LogP contribution in [0.1, 0.15) is 0 Å². The first-order valence-electron chi connectivity index (χ1n) is 3.71. The molecule has 1 N–H and O–H groups in total. The van der Waals surface area contributed by atoms with Gasteiger partial charge in [-0.15, -0.1) is 0 Å². The zero-order valence-corrected chi connectivity index (χ0v) is 7.55. The Labute approximate surface area is 72.3 Å². The Morgan fingerprint density at radius 1 is 1.00 bits per heavy atom. The molecule has 1 aromatic carbocycles.